The van der Waals surface area contributed by atoms with Crippen molar-refractivity contribution >= 4 is 21.9 Å². The Morgan fingerprint density at radius 1 is 0.775 bits per heavy atom. The van der Waals surface area contributed by atoms with Crippen LogP contribution in [-0.4, -0.2) is 118 Å². The highest BCUT2D eigenvalue weighted by Gasteiger charge is 2.47. The van der Waals surface area contributed by atoms with Crippen LogP contribution < -0.4 is 14.2 Å². The molecular formula is C26H32O14. The lowest BCUT2D eigenvalue weighted by atomic mass is 9.98. The van der Waals surface area contributed by atoms with Gasteiger partial charge in [-0.1, -0.05) is 0 Å². The molecule has 2 aliphatic heterocycles. The molecule has 0 bridgehead atoms. The van der Waals surface area contributed by atoms with Gasteiger partial charge in [-0.15, -0.1) is 0 Å². The zero-order valence-corrected chi connectivity index (χ0v) is 21.8. The number of methoxy groups -OCH3 is 2. The van der Waals surface area contributed by atoms with Crippen LogP contribution in [0.4, 0.5) is 0 Å². The van der Waals surface area contributed by atoms with E-state index in [0.717, 1.165) is 0 Å². The van der Waals surface area contributed by atoms with Gasteiger partial charge in [-0.05, 0) is 25.1 Å². The van der Waals surface area contributed by atoms with Crippen molar-refractivity contribution in [3.63, 3.8) is 0 Å². The summed E-state index contributed by atoms with van der Waals surface area (Å²) in [6.45, 7) is 1.07. The first-order valence-corrected chi connectivity index (χ1v) is 12.5. The third kappa shape index (κ3) is 4.91. The smallest absolute Gasteiger partial charge is 0.229 e. The molecule has 0 amide bonds. The Balaban J connectivity index is 1.34. The molecule has 7 N–H and O–H groups in total. The summed E-state index contributed by atoms with van der Waals surface area (Å²) in [7, 11) is 2.79. The predicted octanol–water partition coefficient (Wildman–Crippen LogP) is -0.661. The summed E-state index contributed by atoms with van der Waals surface area (Å²) in [5.41, 5.74) is 0.624. The van der Waals surface area contributed by atoms with Gasteiger partial charge in [-0.3, -0.25) is 0 Å². The normalized spacial score (nSPS) is 34.7. The molecule has 10 unspecified atom stereocenters. The third-order valence-corrected chi connectivity index (χ3v) is 7.21. The summed E-state index contributed by atoms with van der Waals surface area (Å²) in [5, 5.41) is 73.0. The highest BCUT2D eigenvalue weighted by atomic mass is 16.7. The lowest BCUT2D eigenvalue weighted by Gasteiger charge is -2.42. The molecule has 0 radical (unpaired) electrons. The van der Waals surface area contributed by atoms with E-state index in [4.69, 9.17) is 32.8 Å². The van der Waals surface area contributed by atoms with Crippen molar-refractivity contribution in [1.82, 2.24) is 0 Å². The van der Waals surface area contributed by atoms with E-state index in [9.17, 15) is 35.7 Å². The standard InChI is InChI=1S/C26H32O14/c1-9-16(27)19(30)21(32)25(37-9)36-8-15-17(28)20(31)22(33)26(40-15)38-10-4-5-11-12-7-14(34-2)18(29)24(35-3)23(12)39-13(11)6-10/h4-7,9,15-17,19-22,25-33H,8H2,1-3H3. The number of phenols is 1. The number of hydrogen-bond acceptors (Lipinski definition) is 14. The number of aliphatic hydroxyl groups excluding tert-OH is 6. The lowest BCUT2D eigenvalue weighted by molar-refractivity contribution is -0.318. The fraction of sp³-hybridized carbons (Fsp3) is 0.538. The van der Waals surface area contributed by atoms with Gasteiger partial charge in [-0.25, -0.2) is 0 Å². The molecule has 2 fully saturated rings. The van der Waals surface area contributed by atoms with Gasteiger partial charge in [0.1, 0.15) is 54.1 Å². The molecule has 0 spiro atoms. The van der Waals surface area contributed by atoms with Crippen molar-refractivity contribution in [1.29, 1.82) is 0 Å². The number of aromatic hydroxyl groups is 1. The van der Waals surface area contributed by atoms with Gasteiger partial charge in [-0.2, -0.15) is 0 Å². The van der Waals surface area contributed by atoms with E-state index < -0.39 is 68.0 Å². The van der Waals surface area contributed by atoms with E-state index in [1.54, 1.807) is 18.2 Å². The van der Waals surface area contributed by atoms with Crippen molar-refractivity contribution in [2.24, 2.45) is 0 Å². The minimum atomic E-state index is -1.68. The van der Waals surface area contributed by atoms with Crippen molar-refractivity contribution < 1.29 is 68.6 Å². The topological polar surface area (TPSA) is 210 Å². The molecule has 3 heterocycles. The van der Waals surface area contributed by atoms with Crippen LogP contribution in [0.3, 0.4) is 0 Å². The summed E-state index contributed by atoms with van der Waals surface area (Å²) >= 11 is 0. The van der Waals surface area contributed by atoms with Gasteiger partial charge in [0.15, 0.2) is 17.6 Å². The molecule has 10 atom stereocenters. The number of phenolic OH excluding ortho intramolecular Hbond substituents is 1. The molecule has 14 nitrogen and oxygen atoms in total. The minimum absolute atomic E-state index is 0.0856. The number of ether oxygens (including phenoxy) is 6. The van der Waals surface area contributed by atoms with E-state index >= 15 is 0 Å². The summed E-state index contributed by atoms with van der Waals surface area (Å²) in [6, 6.07) is 6.36. The second-order valence-electron chi connectivity index (χ2n) is 9.74. The van der Waals surface area contributed by atoms with E-state index in [2.05, 4.69) is 0 Å². The minimum Gasteiger partial charge on any atom is -0.502 e. The highest BCUT2D eigenvalue weighted by Crippen LogP contribution is 2.46. The molecule has 1 aromatic heterocycles. The fourth-order valence-electron chi connectivity index (χ4n) is 4.87. The zero-order chi connectivity index (χ0) is 28.9. The Hall–Kier alpha value is -2.92. The summed E-state index contributed by atoms with van der Waals surface area (Å²) in [5.74, 6) is 0.241. The molecule has 0 saturated carbocycles. The van der Waals surface area contributed by atoms with E-state index in [1.165, 1.54) is 27.2 Å². The van der Waals surface area contributed by atoms with Gasteiger partial charge in [0.05, 0.1) is 26.9 Å². The summed E-state index contributed by atoms with van der Waals surface area (Å²) in [4.78, 5) is 0. The SMILES string of the molecule is COc1cc2c(oc3cc(OC4OC(COC5OC(C)C(O)C(O)C5O)C(O)C(O)C4O)ccc32)c(OC)c1O. The maximum absolute atomic E-state index is 10.5. The zero-order valence-electron chi connectivity index (χ0n) is 21.8. The van der Waals surface area contributed by atoms with Crippen LogP contribution in [0.1, 0.15) is 6.92 Å². The largest absolute Gasteiger partial charge is 0.502 e. The number of fused-ring (bicyclic) bond motifs is 3. The van der Waals surface area contributed by atoms with E-state index in [0.29, 0.717) is 16.4 Å². The maximum Gasteiger partial charge on any atom is 0.229 e. The van der Waals surface area contributed by atoms with E-state index in [1.807, 2.05) is 0 Å². The number of furan rings is 1. The molecule has 2 saturated heterocycles. The molecular weight excluding hydrogens is 536 g/mol. The first-order chi connectivity index (χ1) is 19.0. The van der Waals surface area contributed by atoms with E-state index in [-0.39, 0.29) is 28.6 Å². The number of benzene rings is 2. The van der Waals surface area contributed by atoms with Crippen molar-refractivity contribution in [3.8, 4) is 23.0 Å². The van der Waals surface area contributed by atoms with Crippen LogP contribution in [0.5, 0.6) is 23.0 Å². The Kier molecular flexibility index (Phi) is 7.98. The van der Waals surface area contributed by atoms with Gasteiger partial charge in [0, 0.05) is 16.8 Å². The quantitative estimate of drug-likeness (QED) is 0.189. The van der Waals surface area contributed by atoms with Crippen LogP contribution >= 0.6 is 0 Å². The third-order valence-electron chi connectivity index (χ3n) is 7.21. The Labute approximate surface area is 227 Å². The van der Waals surface area contributed by atoms with Gasteiger partial charge in [0.2, 0.25) is 17.8 Å². The molecule has 2 aromatic carbocycles. The van der Waals surface area contributed by atoms with Crippen molar-refractivity contribution in [2.75, 3.05) is 20.8 Å². The van der Waals surface area contributed by atoms with Gasteiger partial charge >= 0.3 is 0 Å². The molecule has 14 heteroatoms. The molecule has 220 valence electrons. The number of hydrogen-bond donors (Lipinski definition) is 7. The van der Waals surface area contributed by atoms with Crippen molar-refractivity contribution in [2.45, 2.75) is 68.3 Å². The van der Waals surface area contributed by atoms with Crippen LogP contribution in [0.2, 0.25) is 0 Å². The average molecular weight is 569 g/mol. The Bertz CT molecular complexity index is 1340. The number of rotatable bonds is 7. The van der Waals surface area contributed by atoms with Crippen LogP contribution in [0.15, 0.2) is 28.7 Å². The maximum atomic E-state index is 10.5. The monoisotopic (exact) mass is 568 g/mol. The first-order valence-electron chi connectivity index (χ1n) is 12.5. The van der Waals surface area contributed by atoms with Crippen LogP contribution in [0, 0.1) is 0 Å². The molecule has 2 aliphatic rings. The Morgan fingerprint density at radius 3 is 2.17 bits per heavy atom. The molecule has 0 aliphatic carbocycles. The van der Waals surface area contributed by atoms with Crippen LogP contribution in [0.25, 0.3) is 21.9 Å². The molecule has 40 heavy (non-hydrogen) atoms. The molecule has 5 rings (SSSR count). The summed E-state index contributed by atoms with van der Waals surface area (Å²) < 4.78 is 38.8. The van der Waals surface area contributed by atoms with Gasteiger partial charge in [0.25, 0.3) is 0 Å². The molecule has 3 aromatic rings. The number of aliphatic hydroxyl groups is 6. The van der Waals surface area contributed by atoms with Gasteiger partial charge < -0.3 is 68.6 Å². The fourth-order valence-corrected chi connectivity index (χ4v) is 4.87. The second kappa shape index (κ2) is 11.2. The second-order valence-corrected chi connectivity index (χ2v) is 9.74. The van der Waals surface area contributed by atoms with Crippen LogP contribution in [-0.2, 0) is 14.2 Å². The van der Waals surface area contributed by atoms with Crippen molar-refractivity contribution in [3.05, 3.63) is 24.3 Å². The first kappa shape index (κ1) is 28.6. The Morgan fingerprint density at radius 2 is 1.48 bits per heavy atom. The highest BCUT2D eigenvalue weighted by molar-refractivity contribution is 6.08. The predicted molar refractivity (Wildman–Crippen MR) is 134 cm³/mol. The average Bonchev–Trinajstić information content (AvgIpc) is 3.30. The summed E-state index contributed by atoms with van der Waals surface area (Å²) in [6.07, 6.45) is -14.2. The lowest BCUT2D eigenvalue weighted by Crippen LogP contribution is -2.61.